The summed E-state index contributed by atoms with van der Waals surface area (Å²) >= 11 is 3.01. The second-order valence-corrected chi connectivity index (χ2v) is 4.60. The van der Waals surface area contributed by atoms with Gasteiger partial charge >= 0.3 is 6.18 Å². The maximum Gasteiger partial charge on any atom is 0.416 e. The first-order valence-corrected chi connectivity index (χ1v) is 5.52. The van der Waals surface area contributed by atoms with Crippen LogP contribution < -0.4 is 4.74 Å². The number of hydrogen-bond donors (Lipinski definition) is 1. The van der Waals surface area contributed by atoms with Crippen LogP contribution in [0.3, 0.4) is 0 Å². The molecular formula is C11H8BrF3O2. The summed E-state index contributed by atoms with van der Waals surface area (Å²) in [4.78, 5) is 0. The topological polar surface area (TPSA) is 29.5 Å². The number of aliphatic hydroxyl groups is 1. The summed E-state index contributed by atoms with van der Waals surface area (Å²) in [5.41, 5.74) is -0.257. The second-order valence-electron chi connectivity index (χ2n) is 3.75. The van der Waals surface area contributed by atoms with Crippen LogP contribution >= 0.6 is 15.9 Å². The lowest BCUT2D eigenvalue weighted by Gasteiger charge is -2.21. The highest BCUT2D eigenvalue weighted by Gasteiger charge is 2.33. The van der Waals surface area contributed by atoms with E-state index in [4.69, 9.17) is 4.74 Å². The average Bonchev–Trinajstić information content (AvgIpc) is 2.22. The van der Waals surface area contributed by atoms with E-state index in [0.29, 0.717) is 5.57 Å². The monoisotopic (exact) mass is 308 g/mol. The molecule has 0 saturated carbocycles. The smallest absolute Gasteiger partial charge is 0.416 e. The van der Waals surface area contributed by atoms with Gasteiger partial charge in [0, 0.05) is 5.57 Å². The lowest BCUT2D eigenvalue weighted by atomic mass is 10.0. The van der Waals surface area contributed by atoms with Gasteiger partial charge in [-0.15, -0.1) is 0 Å². The fourth-order valence-corrected chi connectivity index (χ4v) is 2.13. The van der Waals surface area contributed by atoms with Gasteiger partial charge in [-0.3, -0.25) is 0 Å². The Kier molecular flexibility index (Phi) is 2.85. The maximum atomic E-state index is 12.6. The van der Waals surface area contributed by atoms with E-state index in [1.165, 1.54) is 0 Å². The van der Waals surface area contributed by atoms with Gasteiger partial charge in [-0.2, -0.15) is 13.2 Å². The van der Waals surface area contributed by atoms with E-state index >= 15 is 0 Å². The third-order valence-electron chi connectivity index (χ3n) is 2.46. The molecule has 1 aliphatic heterocycles. The zero-order valence-corrected chi connectivity index (χ0v) is 10.3. The van der Waals surface area contributed by atoms with E-state index in [1.807, 2.05) is 0 Å². The number of fused-ring (bicyclic) bond motifs is 1. The molecule has 0 saturated heterocycles. The van der Waals surface area contributed by atoms with Crippen LogP contribution in [0.5, 0.6) is 5.75 Å². The molecule has 0 amide bonds. The lowest BCUT2D eigenvalue weighted by molar-refractivity contribution is -0.137. The summed E-state index contributed by atoms with van der Waals surface area (Å²) in [6.07, 6.45) is -4.46. The van der Waals surface area contributed by atoms with Gasteiger partial charge in [-0.1, -0.05) is 0 Å². The Bertz CT molecular complexity index is 506. The van der Waals surface area contributed by atoms with Crippen molar-refractivity contribution in [2.75, 3.05) is 6.61 Å². The Morgan fingerprint density at radius 3 is 2.59 bits per heavy atom. The van der Waals surface area contributed by atoms with Gasteiger partial charge in [0.2, 0.25) is 0 Å². The van der Waals surface area contributed by atoms with Crippen molar-refractivity contribution in [2.24, 2.45) is 0 Å². The highest BCUT2D eigenvalue weighted by molar-refractivity contribution is 9.10. The highest BCUT2D eigenvalue weighted by Crippen LogP contribution is 2.42. The highest BCUT2D eigenvalue weighted by atomic mass is 79.9. The maximum absolute atomic E-state index is 12.6. The van der Waals surface area contributed by atoms with E-state index in [1.54, 1.807) is 6.92 Å². The molecular weight excluding hydrogens is 301 g/mol. The number of benzene rings is 1. The summed E-state index contributed by atoms with van der Waals surface area (Å²) in [5, 5.41) is 9.76. The van der Waals surface area contributed by atoms with Crippen LogP contribution in [0.25, 0.3) is 5.76 Å². The Morgan fingerprint density at radius 1 is 1.35 bits per heavy atom. The van der Waals surface area contributed by atoms with Gasteiger partial charge in [-0.05, 0) is 35.0 Å². The van der Waals surface area contributed by atoms with Crippen molar-refractivity contribution in [1.29, 1.82) is 0 Å². The minimum absolute atomic E-state index is 0.0652. The molecule has 0 atom stereocenters. The van der Waals surface area contributed by atoms with Crippen LogP contribution in [0.15, 0.2) is 22.2 Å². The Labute approximate surface area is 104 Å². The second kappa shape index (κ2) is 3.94. The van der Waals surface area contributed by atoms with Gasteiger partial charge in [0.25, 0.3) is 0 Å². The fourth-order valence-electron chi connectivity index (χ4n) is 1.56. The van der Waals surface area contributed by atoms with Gasteiger partial charge in [0.1, 0.15) is 18.1 Å². The molecule has 1 aliphatic rings. The van der Waals surface area contributed by atoms with E-state index in [-0.39, 0.29) is 28.2 Å². The van der Waals surface area contributed by atoms with Crippen LogP contribution in [0.4, 0.5) is 13.2 Å². The SMILES string of the molecule is CC1=C(O)c2cc(C(F)(F)F)cc(Br)c2OC1. The van der Waals surface area contributed by atoms with Crippen molar-refractivity contribution in [3.8, 4) is 5.75 Å². The van der Waals surface area contributed by atoms with E-state index < -0.39 is 11.7 Å². The summed E-state index contributed by atoms with van der Waals surface area (Å²) in [6, 6.07) is 1.82. The third-order valence-corrected chi connectivity index (χ3v) is 3.05. The van der Waals surface area contributed by atoms with Gasteiger partial charge in [0.15, 0.2) is 0 Å². The van der Waals surface area contributed by atoms with E-state index in [9.17, 15) is 18.3 Å². The molecule has 17 heavy (non-hydrogen) atoms. The Balaban J connectivity index is 2.65. The summed E-state index contributed by atoms with van der Waals surface area (Å²) in [6.45, 7) is 1.77. The zero-order chi connectivity index (χ0) is 12.8. The Hall–Kier alpha value is -1.17. The van der Waals surface area contributed by atoms with E-state index in [0.717, 1.165) is 12.1 Å². The van der Waals surface area contributed by atoms with Crippen LogP contribution in [0.2, 0.25) is 0 Å². The lowest BCUT2D eigenvalue weighted by Crippen LogP contribution is -2.13. The summed E-state index contributed by atoms with van der Waals surface area (Å²) in [5.74, 6) is 0.0825. The van der Waals surface area contributed by atoms with Gasteiger partial charge < -0.3 is 9.84 Å². The number of ether oxygens (including phenoxy) is 1. The average molecular weight is 309 g/mol. The molecule has 2 rings (SSSR count). The van der Waals surface area contributed by atoms with Crippen molar-refractivity contribution in [1.82, 2.24) is 0 Å². The summed E-state index contributed by atoms with van der Waals surface area (Å²) in [7, 11) is 0. The molecule has 0 bridgehead atoms. The molecule has 0 aromatic heterocycles. The molecule has 1 N–H and O–H groups in total. The van der Waals surface area contributed by atoms with Crippen molar-refractivity contribution >= 4 is 21.7 Å². The molecule has 1 heterocycles. The Morgan fingerprint density at radius 2 is 2.00 bits per heavy atom. The summed E-state index contributed by atoms with van der Waals surface area (Å²) < 4.78 is 43.3. The normalized spacial score (nSPS) is 15.6. The quantitative estimate of drug-likeness (QED) is 0.780. The largest absolute Gasteiger partial charge is 0.507 e. The number of hydrogen-bond acceptors (Lipinski definition) is 2. The van der Waals surface area contributed by atoms with Crippen LogP contribution in [-0.2, 0) is 6.18 Å². The molecule has 1 aromatic rings. The van der Waals surface area contributed by atoms with Crippen molar-refractivity contribution < 1.29 is 23.0 Å². The molecule has 0 aliphatic carbocycles. The minimum Gasteiger partial charge on any atom is -0.507 e. The predicted molar refractivity (Wildman–Crippen MR) is 59.9 cm³/mol. The molecule has 1 aromatic carbocycles. The first-order chi connectivity index (χ1) is 7.80. The molecule has 0 unspecified atom stereocenters. The molecule has 2 nitrogen and oxygen atoms in total. The standard InChI is InChI=1S/C11H8BrF3O2/c1-5-4-17-10-7(9(5)16)2-6(3-8(10)12)11(13,14)15/h2-3,16H,4H2,1H3. The molecule has 0 radical (unpaired) electrons. The molecule has 92 valence electrons. The van der Waals surface area contributed by atoms with Crippen molar-refractivity contribution in [3.63, 3.8) is 0 Å². The minimum atomic E-state index is -4.46. The third kappa shape index (κ3) is 2.13. The van der Waals surface area contributed by atoms with Gasteiger partial charge in [0.05, 0.1) is 15.6 Å². The van der Waals surface area contributed by atoms with Crippen molar-refractivity contribution in [2.45, 2.75) is 13.1 Å². The first kappa shape index (κ1) is 12.3. The number of alkyl halides is 3. The predicted octanol–water partition coefficient (Wildman–Crippen LogP) is 4.15. The zero-order valence-electron chi connectivity index (χ0n) is 8.73. The van der Waals surface area contributed by atoms with Crippen LogP contribution in [0, 0.1) is 0 Å². The molecule has 6 heteroatoms. The fraction of sp³-hybridized carbons (Fsp3) is 0.273. The first-order valence-electron chi connectivity index (χ1n) is 4.73. The number of rotatable bonds is 0. The van der Waals surface area contributed by atoms with Crippen molar-refractivity contribution in [3.05, 3.63) is 33.3 Å². The van der Waals surface area contributed by atoms with Crippen LogP contribution in [0.1, 0.15) is 18.1 Å². The molecule has 0 spiro atoms. The van der Waals surface area contributed by atoms with Crippen LogP contribution in [-0.4, -0.2) is 11.7 Å². The molecule has 0 fully saturated rings. The number of halogens is 4. The van der Waals surface area contributed by atoms with E-state index in [2.05, 4.69) is 15.9 Å². The number of aliphatic hydroxyl groups excluding tert-OH is 1. The van der Waals surface area contributed by atoms with Gasteiger partial charge in [-0.25, -0.2) is 0 Å².